The van der Waals surface area contributed by atoms with Crippen LogP contribution in [-0.4, -0.2) is 43.3 Å². The highest BCUT2D eigenvalue weighted by Gasteiger charge is 2.48. The molecule has 2 aliphatic heterocycles. The van der Waals surface area contributed by atoms with Crippen LogP contribution in [0.1, 0.15) is 43.2 Å². The summed E-state index contributed by atoms with van der Waals surface area (Å²) in [7, 11) is 0. The van der Waals surface area contributed by atoms with Gasteiger partial charge < -0.3 is 23.7 Å². The van der Waals surface area contributed by atoms with E-state index in [0.717, 1.165) is 11.1 Å². The van der Waals surface area contributed by atoms with Crippen molar-refractivity contribution in [3.8, 4) is 0 Å². The van der Waals surface area contributed by atoms with Crippen LogP contribution in [0, 0.1) is 0 Å². The monoisotopic (exact) mass is 466 g/mol. The van der Waals surface area contributed by atoms with Gasteiger partial charge in [-0.15, -0.1) is 6.58 Å². The van der Waals surface area contributed by atoms with Crippen LogP contribution in [0.2, 0.25) is 0 Å². The van der Waals surface area contributed by atoms with Gasteiger partial charge in [0, 0.05) is 25.9 Å². The van der Waals surface area contributed by atoms with Gasteiger partial charge >= 0.3 is 0 Å². The van der Waals surface area contributed by atoms with Crippen LogP contribution in [0.4, 0.5) is 0 Å². The molecule has 2 aromatic carbocycles. The number of hydrogen-bond donors (Lipinski definition) is 0. The molecular weight excluding hydrogens is 432 g/mol. The zero-order valence-corrected chi connectivity index (χ0v) is 19.6. The molecular formula is C28H34O6. The minimum Gasteiger partial charge on any atom is -0.377 e. The lowest BCUT2D eigenvalue weighted by atomic mass is 9.89. The molecule has 4 rings (SSSR count). The number of benzene rings is 2. The standard InChI is InChI=1S/C28H34O6/c1-2-25-15-24(29)17-28(33-25)18-27(32-21-31-20-23-11-7-4-8-12-23)16-26(34-28)13-14-30-19-22-9-5-3-6-10-22/h2-12,25-27H,1,13-21H2/t25-,26-,27-,28+/m0/s1. The van der Waals surface area contributed by atoms with Crippen molar-refractivity contribution in [1.29, 1.82) is 0 Å². The Hall–Kier alpha value is -2.35. The van der Waals surface area contributed by atoms with Crippen molar-refractivity contribution in [2.24, 2.45) is 0 Å². The van der Waals surface area contributed by atoms with Crippen molar-refractivity contribution in [3.05, 3.63) is 84.4 Å². The lowest BCUT2D eigenvalue weighted by molar-refractivity contribution is -0.320. The molecule has 2 aliphatic rings. The van der Waals surface area contributed by atoms with Crippen molar-refractivity contribution < 1.29 is 28.5 Å². The Kier molecular flexibility index (Phi) is 9.02. The number of carbonyl (C=O) groups is 1. The van der Waals surface area contributed by atoms with Crippen molar-refractivity contribution in [3.63, 3.8) is 0 Å². The molecule has 2 saturated heterocycles. The predicted molar refractivity (Wildman–Crippen MR) is 128 cm³/mol. The Morgan fingerprint density at radius 2 is 1.65 bits per heavy atom. The summed E-state index contributed by atoms with van der Waals surface area (Å²) in [6, 6.07) is 20.1. The van der Waals surface area contributed by atoms with Crippen LogP contribution in [-0.2, 0) is 41.7 Å². The Morgan fingerprint density at radius 1 is 0.971 bits per heavy atom. The topological polar surface area (TPSA) is 63.2 Å². The number of Topliss-reactive ketones (excluding diaryl/α,β-unsaturated/α-hetero) is 1. The molecule has 4 atom stereocenters. The van der Waals surface area contributed by atoms with Gasteiger partial charge in [0.25, 0.3) is 0 Å². The Morgan fingerprint density at radius 3 is 2.32 bits per heavy atom. The highest BCUT2D eigenvalue weighted by molar-refractivity contribution is 5.80. The van der Waals surface area contributed by atoms with Crippen molar-refractivity contribution >= 4 is 5.78 Å². The Labute approximate surface area is 201 Å². The molecule has 0 radical (unpaired) electrons. The highest BCUT2D eigenvalue weighted by Crippen LogP contribution is 2.40. The van der Waals surface area contributed by atoms with Gasteiger partial charge in [0.1, 0.15) is 12.6 Å². The molecule has 34 heavy (non-hydrogen) atoms. The molecule has 0 N–H and O–H groups in total. The van der Waals surface area contributed by atoms with Crippen LogP contribution in [0.5, 0.6) is 0 Å². The van der Waals surface area contributed by atoms with E-state index < -0.39 is 5.79 Å². The Bertz CT molecular complexity index is 844. The Balaban J connectivity index is 1.32. The zero-order chi connectivity index (χ0) is 23.6. The van der Waals surface area contributed by atoms with E-state index in [1.807, 2.05) is 60.7 Å². The maximum absolute atomic E-state index is 12.5. The molecule has 2 aromatic rings. The molecule has 0 saturated carbocycles. The highest BCUT2D eigenvalue weighted by atomic mass is 16.7. The van der Waals surface area contributed by atoms with Crippen LogP contribution >= 0.6 is 0 Å². The first-order chi connectivity index (χ1) is 16.6. The molecule has 0 unspecified atom stereocenters. The second-order valence-electron chi connectivity index (χ2n) is 8.97. The summed E-state index contributed by atoms with van der Waals surface area (Å²) in [5, 5.41) is 0. The molecule has 6 heteroatoms. The van der Waals surface area contributed by atoms with Crippen LogP contribution < -0.4 is 0 Å². The SMILES string of the molecule is C=C[C@H]1CC(=O)C[C@@]2(C[C@@H](OCOCc3ccccc3)C[C@H](CCOCc3ccccc3)O2)O1. The van der Waals surface area contributed by atoms with Gasteiger partial charge in [-0.25, -0.2) is 0 Å². The first-order valence-electron chi connectivity index (χ1n) is 12.0. The van der Waals surface area contributed by atoms with Gasteiger partial charge in [-0.2, -0.15) is 0 Å². The van der Waals surface area contributed by atoms with E-state index in [-0.39, 0.29) is 37.3 Å². The first-order valence-corrected chi connectivity index (χ1v) is 12.0. The molecule has 6 nitrogen and oxygen atoms in total. The van der Waals surface area contributed by atoms with Gasteiger partial charge in [0.15, 0.2) is 5.79 Å². The fourth-order valence-corrected chi connectivity index (χ4v) is 4.56. The molecule has 2 fully saturated rings. The summed E-state index contributed by atoms with van der Waals surface area (Å²) < 4.78 is 30.3. The summed E-state index contributed by atoms with van der Waals surface area (Å²) in [6.45, 7) is 5.57. The lowest BCUT2D eigenvalue weighted by Gasteiger charge is -2.47. The number of rotatable bonds is 11. The normalized spacial score (nSPS) is 27.1. The summed E-state index contributed by atoms with van der Waals surface area (Å²) in [5.74, 6) is -0.864. The number of ketones is 1. The third-order valence-electron chi connectivity index (χ3n) is 6.16. The molecule has 0 bridgehead atoms. The van der Waals surface area contributed by atoms with Crippen LogP contribution in [0.25, 0.3) is 0 Å². The average molecular weight is 467 g/mol. The van der Waals surface area contributed by atoms with E-state index >= 15 is 0 Å². The second kappa shape index (κ2) is 12.4. The maximum Gasteiger partial charge on any atom is 0.178 e. The predicted octanol–water partition coefficient (Wildman–Crippen LogP) is 4.96. The molecule has 2 heterocycles. The van der Waals surface area contributed by atoms with Crippen molar-refractivity contribution in [2.75, 3.05) is 13.4 Å². The van der Waals surface area contributed by atoms with E-state index in [2.05, 4.69) is 6.58 Å². The maximum atomic E-state index is 12.5. The van der Waals surface area contributed by atoms with Crippen molar-refractivity contribution in [1.82, 2.24) is 0 Å². The fraction of sp³-hybridized carbons (Fsp3) is 0.464. The van der Waals surface area contributed by atoms with E-state index in [4.69, 9.17) is 23.7 Å². The van der Waals surface area contributed by atoms with E-state index in [0.29, 0.717) is 45.5 Å². The second-order valence-corrected chi connectivity index (χ2v) is 8.97. The van der Waals surface area contributed by atoms with E-state index in [1.54, 1.807) is 6.08 Å². The molecule has 182 valence electrons. The van der Waals surface area contributed by atoms with Gasteiger partial charge in [-0.1, -0.05) is 66.7 Å². The smallest absolute Gasteiger partial charge is 0.178 e. The largest absolute Gasteiger partial charge is 0.377 e. The van der Waals surface area contributed by atoms with Gasteiger partial charge in [-0.05, 0) is 17.5 Å². The molecule has 1 spiro atoms. The number of hydrogen-bond acceptors (Lipinski definition) is 6. The van der Waals surface area contributed by atoms with Crippen molar-refractivity contribution in [2.45, 2.75) is 69.4 Å². The minimum absolute atomic E-state index is 0.121. The van der Waals surface area contributed by atoms with Crippen LogP contribution in [0.15, 0.2) is 73.3 Å². The van der Waals surface area contributed by atoms with Gasteiger partial charge in [0.05, 0.1) is 37.9 Å². The number of carbonyl (C=O) groups excluding carboxylic acids is 1. The van der Waals surface area contributed by atoms with E-state index in [9.17, 15) is 4.79 Å². The fourth-order valence-electron chi connectivity index (χ4n) is 4.56. The third-order valence-corrected chi connectivity index (χ3v) is 6.16. The van der Waals surface area contributed by atoms with Gasteiger partial charge in [0.2, 0.25) is 0 Å². The minimum atomic E-state index is -0.985. The zero-order valence-electron chi connectivity index (χ0n) is 19.6. The van der Waals surface area contributed by atoms with Gasteiger partial charge in [-0.3, -0.25) is 4.79 Å². The lowest BCUT2D eigenvalue weighted by Crippen LogP contribution is -2.54. The summed E-state index contributed by atoms with van der Waals surface area (Å²) in [5.41, 5.74) is 2.23. The molecule has 0 amide bonds. The van der Waals surface area contributed by atoms with Crippen LogP contribution in [0.3, 0.4) is 0 Å². The molecule has 0 aliphatic carbocycles. The first kappa shape index (κ1) is 24.8. The molecule has 0 aromatic heterocycles. The third kappa shape index (κ3) is 7.32. The summed E-state index contributed by atoms with van der Waals surface area (Å²) in [4.78, 5) is 12.5. The summed E-state index contributed by atoms with van der Waals surface area (Å²) in [6.07, 6.45) is 3.49. The van der Waals surface area contributed by atoms with E-state index in [1.165, 1.54) is 0 Å². The summed E-state index contributed by atoms with van der Waals surface area (Å²) >= 11 is 0. The average Bonchev–Trinajstić information content (AvgIpc) is 2.85. The number of ether oxygens (including phenoxy) is 5. The quantitative estimate of drug-likeness (QED) is 0.265.